The number of rotatable bonds is 1. The molecule has 1 aromatic heterocycles. The molecule has 0 saturated carbocycles. The van der Waals surface area contributed by atoms with Gasteiger partial charge in [0.1, 0.15) is 5.15 Å². The number of para-hydroxylation sites is 1. The van der Waals surface area contributed by atoms with Crippen LogP contribution in [0.5, 0.6) is 0 Å². The number of aromatic nitrogens is 2. The summed E-state index contributed by atoms with van der Waals surface area (Å²) in [5.41, 5.74) is 3.06. The van der Waals surface area contributed by atoms with Crippen molar-refractivity contribution in [2.24, 2.45) is 0 Å². The summed E-state index contributed by atoms with van der Waals surface area (Å²) in [7, 11) is 0. The van der Waals surface area contributed by atoms with Crippen LogP contribution in [0.3, 0.4) is 0 Å². The van der Waals surface area contributed by atoms with Gasteiger partial charge in [-0.25, -0.2) is 9.97 Å². The quantitative estimate of drug-likeness (QED) is 0.631. The van der Waals surface area contributed by atoms with E-state index in [2.05, 4.69) is 16.9 Å². The van der Waals surface area contributed by atoms with E-state index in [-0.39, 0.29) is 12.4 Å². The maximum Gasteiger partial charge on any atom is 0.161 e. The molecule has 96 valence electrons. The summed E-state index contributed by atoms with van der Waals surface area (Å²) >= 11 is 6.19. The lowest BCUT2D eigenvalue weighted by Gasteiger charge is -2.04. The van der Waals surface area contributed by atoms with E-state index in [4.69, 9.17) is 11.6 Å². The predicted molar refractivity (Wildman–Crippen MR) is 74.7 cm³/mol. The van der Waals surface area contributed by atoms with Gasteiger partial charge in [-0.05, 0) is 19.1 Å². The van der Waals surface area contributed by atoms with Crippen LogP contribution >= 0.6 is 11.6 Å². The lowest BCUT2D eigenvalue weighted by Crippen LogP contribution is -3.00. The molecule has 4 heteroatoms. The third-order valence-electron chi connectivity index (χ3n) is 2.87. The average Bonchev–Trinajstić information content (AvgIpc) is 2.39. The normalized spacial score (nSPS) is 10.2. The summed E-state index contributed by atoms with van der Waals surface area (Å²) < 4.78 is 0. The maximum absolute atomic E-state index is 6.19. The Kier molecular flexibility index (Phi) is 4.03. The fourth-order valence-corrected chi connectivity index (χ4v) is 2.11. The first kappa shape index (κ1) is 13.8. The zero-order valence-corrected chi connectivity index (χ0v) is 11.8. The van der Waals surface area contributed by atoms with Crippen LogP contribution in [-0.2, 0) is 0 Å². The maximum atomic E-state index is 6.19. The number of hydrogen-bond acceptors (Lipinski definition) is 2. The molecule has 0 atom stereocenters. The highest BCUT2D eigenvalue weighted by atomic mass is 35.5. The molecule has 0 aliphatic heterocycles. The molecule has 3 rings (SSSR count). The monoisotopic (exact) mass is 289 g/mol. The third kappa shape index (κ3) is 2.70. The van der Waals surface area contributed by atoms with Crippen LogP contribution in [0.4, 0.5) is 0 Å². The number of hydrogen-bond donors (Lipinski definition) is 0. The first-order valence-corrected chi connectivity index (χ1v) is 6.11. The highest BCUT2D eigenvalue weighted by molar-refractivity contribution is 6.34. The van der Waals surface area contributed by atoms with Gasteiger partial charge in [0.05, 0.1) is 5.52 Å². The number of benzene rings is 2. The molecular formula is C15H11Cl2N2-. The Morgan fingerprint density at radius 3 is 2.32 bits per heavy atom. The van der Waals surface area contributed by atoms with E-state index >= 15 is 0 Å². The van der Waals surface area contributed by atoms with Gasteiger partial charge in [-0.3, -0.25) is 0 Å². The Morgan fingerprint density at radius 2 is 1.58 bits per heavy atom. The molecule has 0 amide bonds. The molecule has 0 bridgehead atoms. The minimum atomic E-state index is 0. The molecule has 0 N–H and O–H groups in total. The van der Waals surface area contributed by atoms with Gasteiger partial charge in [-0.2, -0.15) is 0 Å². The van der Waals surface area contributed by atoms with Crippen molar-refractivity contribution in [1.82, 2.24) is 9.97 Å². The molecule has 0 aliphatic carbocycles. The topological polar surface area (TPSA) is 25.8 Å². The number of fused-ring (bicyclic) bond motifs is 1. The molecular weight excluding hydrogens is 279 g/mol. The van der Waals surface area contributed by atoms with Gasteiger partial charge in [0.25, 0.3) is 0 Å². The summed E-state index contributed by atoms with van der Waals surface area (Å²) in [5.74, 6) is 0.665. The zero-order chi connectivity index (χ0) is 12.5. The molecule has 2 aromatic carbocycles. The van der Waals surface area contributed by atoms with E-state index in [0.717, 1.165) is 16.5 Å². The lowest BCUT2D eigenvalue weighted by molar-refractivity contribution is -0.00000365. The molecule has 19 heavy (non-hydrogen) atoms. The van der Waals surface area contributed by atoms with E-state index in [1.54, 1.807) is 0 Å². The fourth-order valence-electron chi connectivity index (χ4n) is 1.87. The second kappa shape index (κ2) is 5.55. The van der Waals surface area contributed by atoms with Crippen LogP contribution in [0.15, 0.2) is 48.5 Å². The molecule has 0 fully saturated rings. The number of nitrogens with zero attached hydrogens (tertiary/aromatic N) is 2. The molecule has 0 aliphatic rings. The van der Waals surface area contributed by atoms with Crippen molar-refractivity contribution in [3.8, 4) is 11.4 Å². The van der Waals surface area contributed by atoms with Gasteiger partial charge in [0.15, 0.2) is 5.82 Å². The van der Waals surface area contributed by atoms with Crippen molar-refractivity contribution in [2.45, 2.75) is 6.92 Å². The van der Waals surface area contributed by atoms with E-state index < -0.39 is 0 Å². The second-order valence-corrected chi connectivity index (χ2v) is 4.58. The Bertz CT molecular complexity index is 709. The highest BCUT2D eigenvalue weighted by Gasteiger charge is 2.06. The number of halogens is 2. The molecule has 0 saturated heterocycles. The van der Waals surface area contributed by atoms with Crippen molar-refractivity contribution in [3.63, 3.8) is 0 Å². The lowest BCUT2D eigenvalue weighted by atomic mass is 10.1. The van der Waals surface area contributed by atoms with Crippen LogP contribution in [0.1, 0.15) is 5.56 Å². The number of aryl methyl sites for hydroxylation is 1. The van der Waals surface area contributed by atoms with E-state index in [1.807, 2.05) is 48.5 Å². The Labute approximate surface area is 122 Å². The van der Waals surface area contributed by atoms with Crippen LogP contribution in [0.25, 0.3) is 22.3 Å². The van der Waals surface area contributed by atoms with Crippen molar-refractivity contribution >= 4 is 22.5 Å². The van der Waals surface area contributed by atoms with Crippen LogP contribution in [-0.4, -0.2) is 9.97 Å². The minimum Gasteiger partial charge on any atom is -1.00 e. The Morgan fingerprint density at radius 1 is 0.895 bits per heavy atom. The standard InChI is InChI=1S/C15H11ClN2.ClH/c1-10-6-8-11(9-7-10)15-17-13-5-3-2-4-12(13)14(16)18-15;/h2-9H,1H3;1H/p-1. The second-order valence-electron chi connectivity index (χ2n) is 4.22. The van der Waals surface area contributed by atoms with Crippen LogP contribution in [0.2, 0.25) is 5.15 Å². The summed E-state index contributed by atoms with van der Waals surface area (Å²) in [5, 5.41) is 1.38. The van der Waals surface area contributed by atoms with Gasteiger partial charge in [-0.15, -0.1) is 0 Å². The molecule has 0 radical (unpaired) electrons. The fraction of sp³-hybridized carbons (Fsp3) is 0.0667. The van der Waals surface area contributed by atoms with Crippen molar-refractivity contribution in [1.29, 1.82) is 0 Å². The summed E-state index contributed by atoms with van der Waals surface area (Å²) in [6.45, 7) is 2.05. The van der Waals surface area contributed by atoms with Gasteiger partial charge >= 0.3 is 0 Å². The van der Waals surface area contributed by atoms with Gasteiger partial charge in [0, 0.05) is 10.9 Å². The summed E-state index contributed by atoms with van der Waals surface area (Å²) in [6, 6.07) is 15.9. The van der Waals surface area contributed by atoms with Gasteiger partial charge in [-0.1, -0.05) is 53.6 Å². The molecule has 2 nitrogen and oxygen atoms in total. The first-order valence-electron chi connectivity index (χ1n) is 5.73. The highest BCUT2D eigenvalue weighted by Crippen LogP contribution is 2.24. The Hall–Kier alpha value is -1.64. The zero-order valence-electron chi connectivity index (χ0n) is 10.3. The molecule has 3 aromatic rings. The third-order valence-corrected chi connectivity index (χ3v) is 3.15. The average molecular weight is 290 g/mol. The van der Waals surface area contributed by atoms with E-state index in [1.165, 1.54) is 5.56 Å². The first-order chi connectivity index (χ1) is 8.74. The van der Waals surface area contributed by atoms with Crippen LogP contribution < -0.4 is 12.4 Å². The summed E-state index contributed by atoms with van der Waals surface area (Å²) in [6.07, 6.45) is 0. The van der Waals surface area contributed by atoms with Crippen LogP contribution in [0, 0.1) is 6.92 Å². The summed E-state index contributed by atoms with van der Waals surface area (Å²) in [4.78, 5) is 8.90. The van der Waals surface area contributed by atoms with Crippen molar-refractivity contribution in [2.75, 3.05) is 0 Å². The van der Waals surface area contributed by atoms with E-state index in [0.29, 0.717) is 11.0 Å². The molecule has 1 heterocycles. The minimum absolute atomic E-state index is 0. The van der Waals surface area contributed by atoms with Crippen molar-refractivity contribution in [3.05, 3.63) is 59.2 Å². The molecule has 0 spiro atoms. The largest absolute Gasteiger partial charge is 1.00 e. The Balaban J connectivity index is 0.00000133. The SMILES string of the molecule is Cc1ccc(-c2nc(Cl)c3ccccc3n2)cc1.[Cl-]. The van der Waals surface area contributed by atoms with Gasteiger partial charge < -0.3 is 12.4 Å². The predicted octanol–water partition coefficient (Wildman–Crippen LogP) is 1.26. The van der Waals surface area contributed by atoms with Crippen molar-refractivity contribution < 1.29 is 12.4 Å². The van der Waals surface area contributed by atoms with Gasteiger partial charge in [0.2, 0.25) is 0 Å². The smallest absolute Gasteiger partial charge is 0.161 e. The molecule has 0 unspecified atom stereocenters. The van der Waals surface area contributed by atoms with E-state index in [9.17, 15) is 0 Å².